The highest BCUT2D eigenvalue weighted by Gasteiger charge is 2.08. The number of phenols is 1. The fourth-order valence-electron chi connectivity index (χ4n) is 2.30. The van der Waals surface area contributed by atoms with Crippen LogP contribution in [0.1, 0.15) is 5.56 Å². The number of aromatic hydroxyl groups is 1. The minimum absolute atomic E-state index is 0.280. The smallest absolute Gasteiger partial charge is 0.128 e. The van der Waals surface area contributed by atoms with Crippen LogP contribution in [-0.4, -0.2) is 22.4 Å². The molecule has 1 heterocycles. The summed E-state index contributed by atoms with van der Waals surface area (Å²) in [6.45, 7) is 1.86. The first-order valence-corrected chi connectivity index (χ1v) is 6.96. The van der Waals surface area contributed by atoms with Crippen LogP contribution < -0.4 is 4.74 Å². The summed E-state index contributed by atoms with van der Waals surface area (Å²) in [7, 11) is 1.64. The predicted molar refractivity (Wildman–Crippen MR) is 85.9 cm³/mol. The average molecular weight is 292 g/mol. The van der Waals surface area contributed by atoms with Crippen LogP contribution in [0.15, 0.2) is 54.6 Å². The first-order chi connectivity index (χ1) is 10.7. The molecular formula is C18H16N2O2. The summed E-state index contributed by atoms with van der Waals surface area (Å²) in [5, 5.41) is 18.2. The second-order valence-electron chi connectivity index (χ2n) is 5.01. The molecule has 4 nitrogen and oxygen atoms in total. The predicted octanol–water partition coefficient (Wildman–Crippen LogP) is 3.83. The monoisotopic (exact) mass is 292 g/mol. The average Bonchev–Trinajstić information content (AvgIpc) is 2.57. The Morgan fingerprint density at radius 1 is 0.909 bits per heavy atom. The number of phenolic OH excluding ortho intramolecular Hbond substituents is 1. The lowest BCUT2D eigenvalue weighted by molar-refractivity contribution is 0.416. The Morgan fingerprint density at radius 2 is 1.64 bits per heavy atom. The number of aromatic nitrogens is 2. The third kappa shape index (κ3) is 2.63. The van der Waals surface area contributed by atoms with Gasteiger partial charge in [0, 0.05) is 11.1 Å². The highest BCUT2D eigenvalue weighted by Crippen LogP contribution is 2.29. The van der Waals surface area contributed by atoms with E-state index in [9.17, 15) is 5.11 Å². The number of hydrogen-bond acceptors (Lipinski definition) is 4. The minimum Gasteiger partial charge on any atom is -0.508 e. The molecule has 0 saturated heterocycles. The molecule has 0 bridgehead atoms. The molecule has 1 aromatic heterocycles. The van der Waals surface area contributed by atoms with Crippen LogP contribution in [0.3, 0.4) is 0 Å². The highest BCUT2D eigenvalue weighted by molar-refractivity contribution is 5.69. The molecule has 0 aliphatic heterocycles. The van der Waals surface area contributed by atoms with Gasteiger partial charge in [0.05, 0.1) is 18.5 Å². The van der Waals surface area contributed by atoms with E-state index in [1.807, 2.05) is 55.5 Å². The largest absolute Gasteiger partial charge is 0.508 e. The fourth-order valence-corrected chi connectivity index (χ4v) is 2.30. The zero-order valence-electron chi connectivity index (χ0n) is 12.4. The molecule has 0 radical (unpaired) electrons. The number of benzene rings is 2. The Bertz CT molecular complexity index is 798. The maximum absolute atomic E-state index is 9.59. The number of ether oxygens (including phenoxy) is 1. The standard InChI is InChI=1S/C18H16N2O2/c1-12-11-13(7-10-17(12)21)15-8-9-16(20-19-15)14-5-3-4-6-18(14)22-2/h3-11,21H,1-2H3. The van der Waals surface area contributed by atoms with Crippen LogP contribution in [0.2, 0.25) is 0 Å². The van der Waals surface area contributed by atoms with E-state index in [0.29, 0.717) is 0 Å². The Hall–Kier alpha value is -2.88. The summed E-state index contributed by atoms with van der Waals surface area (Å²) in [5.41, 5.74) is 4.17. The van der Waals surface area contributed by atoms with E-state index < -0.39 is 0 Å². The van der Waals surface area contributed by atoms with Gasteiger partial charge in [-0.1, -0.05) is 12.1 Å². The number of rotatable bonds is 3. The van der Waals surface area contributed by atoms with Crippen molar-refractivity contribution in [2.75, 3.05) is 7.11 Å². The Kier molecular flexibility index (Phi) is 3.74. The molecule has 3 rings (SSSR count). The molecular weight excluding hydrogens is 276 g/mol. The van der Waals surface area contributed by atoms with Gasteiger partial charge in [-0.2, -0.15) is 0 Å². The third-order valence-electron chi connectivity index (χ3n) is 3.54. The lowest BCUT2D eigenvalue weighted by atomic mass is 10.1. The number of methoxy groups -OCH3 is 1. The number of para-hydroxylation sites is 1. The van der Waals surface area contributed by atoms with Crippen molar-refractivity contribution >= 4 is 0 Å². The van der Waals surface area contributed by atoms with Crippen molar-refractivity contribution in [2.24, 2.45) is 0 Å². The van der Waals surface area contributed by atoms with E-state index in [-0.39, 0.29) is 5.75 Å². The third-order valence-corrected chi connectivity index (χ3v) is 3.54. The first-order valence-electron chi connectivity index (χ1n) is 6.96. The molecule has 0 unspecified atom stereocenters. The van der Waals surface area contributed by atoms with E-state index in [0.717, 1.165) is 33.8 Å². The normalized spacial score (nSPS) is 10.5. The molecule has 0 fully saturated rings. The maximum atomic E-state index is 9.59. The molecule has 110 valence electrons. The van der Waals surface area contributed by atoms with Gasteiger partial charge >= 0.3 is 0 Å². The van der Waals surface area contributed by atoms with Gasteiger partial charge in [0.15, 0.2) is 0 Å². The molecule has 22 heavy (non-hydrogen) atoms. The van der Waals surface area contributed by atoms with Crippen LogP contribution in [-0.2, 0) is 0 Å². The summed E-state index contributed by atoms with van der Waals surface area (Å²) < 4.78 is 5.35. The van der Waals surface area contributed by atoms with Gasteiger partial charge in [-0.3, -0.25) is 0 Å². The van der Waals surface area contributed by atoms with Crippen LogP contribution >= 0.6 is 0 Å². The molecule has 1 N–H and O–H groups in total. The zero-order valence-corrected chi connectivity index (χ0v) is 12.4. The van der Waals surface area contributed by atoms with Gasteiger partial charge in [0.1, 0.15) is 11.5 Å². The van der Waals surface area contributed by atoms with Crippen molar-refractivity contribution in [2.45, 2.75) is 6.92 Å². The van der Waals surface area contributed by atoms with Gasteiger partial charge in [0.25, 0.3) is 0 Å². The second kappa shape index (κ2) is 5.85. The number of aryl methyl sites for hydroxylation is 1. The van der Waals surface area contributed by atoms with Crippen LogP contribution in [0.5, 0.6) is 11.5 Å². The van der Waals surface area contributed by atoms with E-state index in [1.165, 1.54) is 0 Å². The summed E-state index contributed by atoms with van der Waals surface area (Å²) in [6.07, 6.45) is 0. The zero-order chi connectivity index (χ0) is 15.5. The molecule has 0 aliphatic carbocycles. The SMILES string of the molecule is COc1ccccc1-c1ccc(-c2ccc(O)c(C)c2)nn1. The Labute approximate surface area is 129 Å². The molecule has 0 saturated carbocycles. The van der Waals surface area contributed by atoms with Crippen LogP contribution in [0.25, 0.3) is 22.5 Å². The van der Waals surface area contributed by atoms with Crippen molar-refractivity contribution in [3.8, 4) is 34.0 Å². The van der Waals surface area contributed by atoms with Crippen molar-refractivity contribution < 1.29 is 9.84 Å². The fraction of sp³-hybridized carbons (Fsp3) is 0.111. The molecule has 3 aromatic rings. The highest BCUT2D eigenvalue weighted by atomic mass is 16.5. The van der Waals surface area contributed by atoms with Gasteiger partial charge in [-0.15, -0.1) is 10.2 Å². The summed E-state index contributed by atoms with van der Waals surface area (Å²) >= 11 is 0. The Morgan fingerprint density at radius 3 is 2.32 bits per heavy atom. The lowest BCUT2D eigenvalue weighted by Crippen LogP contribution is -1.93. The van der Waals surface area contributed by atoms with Crippen molar-refractivity contribution in [1.29, 1.82) is 0 Å². The van der Waals surface area contributed by atoms with Gasteiger partial charge < -0.3 is 9.84 Å². The molecule has 0 amide bonds. The van der Waals surface area contributed by atoms with Crippen molar-refractivity contribution in [3.05, 3.63) is 60.2 Å². The minimum atomic E-state index is 0.280. The van der Waals surface area contributed by atoms with E-state index >= 15 is 0 Å². The molecule has 0 aliphatic rings. The topological polar surface area (TPSA) is 55.2 Å². The van der Waals surface area contributed by atoms with Gasteiger partial charge in [-0.05, 0) is 55.0 Å². The van der Waals surface area contributed by atoms with Gasteiger partial charge in [0.2, 0.25) is 0 Å². The maximum Gasteiger partial charge on any atom is 0.128 e. The van der Waals surface area contributed by atoms with Crippen LogP contribution in [0, 0.1) is 6.92 Å². The summed E-state index contributed by atoms with van der Waals surface area (Å²) in [5.74, 6) is 1.05. The van der Waals surface area contributed by atoms with E-state index in [2.05, 4.69) is 10.2 Å². The molecule has 0 atom stereocenters. The quantitative estimate of drug-likeness (QED) is 0.797. The summed E-state index contributed by atoms with van der Waals surface area (Å²) in [6, 6.07) is 16.9. The molecule has 4 heteroatoms. The first kappa shape index (κ1) is 14.1. The van der Waals surface area contributed by atoms with Gasteiger partial charge in [-0.25, -0.2) is 0 Å². The molecule has 2 aromatic carbocycles. The lowest BCUT2D eigenvalue weighted by Gasteiger charge is -2.08. The number of hydrogen-bond donors (Lipinski definition) is 1. The summed E-state index contributed by atoms with van der Waals surface area (Å²) in [4.78, 5) is 0. The second-order valence-corrected chi connectivity index (χ2v) is 5.01. The van der Waals surface area contributed by atoms with Crippen LogP contribution in [0.4, 0.5) is 0 Å². The van der Waals surface area contributed by atoms with Crippen molar-refractivity contribution in [3.63, 3.8) is 0 Å². The Balaban J connectivity index is 1.97. The number of nitrogens with zero attached hydrogens (tertiary/aromatic N) is 2. The van der Waals surface area contributed by atoms with E-state index in [1.54, 1.807) is 13.2 Å². The van der Waals surface area contributed by atoms with Crippen molar-refractivity contribution in [1.82, 2.24) is 10.2 Å². The molecule has 0 spiro atoms. The van der Waals surface area contributed by atoms with E-state index in [4.69, 9.17) is 4.74 Å².